The van der Waals surface area contributed by atoms with Gasteiger partial charge in [0, 0.05) is 31.5 Å². The molecule has 0 saturated carbocycles. The lowest BCUT2D eigenvalue weighted by molar-refractivity contribution is 0.172. The minimum atomic E-state index is -4.49. The maximum atomic E-state index is 14.7. The number of methoxy groups -OCH3 is 2. The molecule has 0 aliphatic carbocycles. The summed E-state index contributed by atoms with van der Waals surface area (Å²) in [5.41, 5.74) is 0.239. The number of aromatic nitrogens is 3. The summed E-state index contributed by atoms with van der Waals surface area (Å²) in [7, 11) is -7.29. The number of benzene rings is 2. The highest BCUT2D eigenvalue weighted by Crippen LogP contribution is 2.40. The van der Waals surface area contributed by atoms with Gasteiger partial charge in [0.1, 0.15) is 28.2 Å². The first kappa shape index (κ1) is 35.5. The molecule has 0 bridgehead atoms. The van der Waals surface area contributed by atoms with E-state index in [1.807, 2.05) is 0 Å². The average Bonchev–Trinajstić information content (AvgIpc) is 3.60. The van der Waals surface area contributed by atoms with Gasteiger partial charge in [-0.2, -0.15) is 0 Å². The van der Waals surface area contributed by atoms with Crippen molar-refractivity contribution in [3.8, 4) is 28.8 Å². The number of sulfonamides is 1. The Kier molecular flexibility index (Phi) is 10.3. The zero-order chi connectivity index (χ0) is 34.2. The molecule has 2 heterocycles. The summed E-state index contributed by atoms with van der Waals surface area (Å²) in [6.07, 6.45) is -0.777. The van der Waals surface area contributed by atoms with Gasteiger partial charge >= 0.3 is 0 Å². The molecular formula is C30H39ClN4O8S2Si. The number of nitrogens with zero attached hydrogens (tertiary/aromatic N) is 4. The fourth-order valence-corrected chi connectivity index (χ4v) is 8.69. The molecule has 0 unspecified atom stereocenters. The number of rotatable bonds is 13. The molecule has 2 atom stereocenters. The van der Waals surface area contributed by atoms with E-state index in [1.54, 1.807) is 37.3 Å². The highest BCUT2D eigenvalue weighted by atomic mass is 35.5. The number of ether oxygens (including phenoxy) is 2. The Morgan fingerprint density at radius 2 is 1.65 bits per heavy atom. The van der Waals surface area contributed by atoms with Crippen LogP contribution >= 0.6 is 11.6 Å². The lowest BCUT2D eigenvalue weighted by atomic mass is 10.1. The molecule has 0 radical (unpaired) electrons. The molecule has 0 aliphatic rings. The van der Waals surface area contributed by atoms with Crippen LogP contribution in [-0.4, -0.2) is 77.1 Å². The number of aliphatic hydroxyl groups excluding tert-OH is 1. The fourth-order valence-electron chi connectivity index (χ4n) is 4.88. The van der Waals surface area contributed by atoms with E-state index >= 15 is 0 Å². The molecule has 0 fully saturated rings. The Balaban J connectivity index is 1.99. The van der Waals surface area contributed by atoms with Crippen molar-refractivity contribution in [2.75, 3.05) is 31.3 Å². The molecule has 2 aromatic carbocycles. The Labute approximate surface area is 275 Å². The van der Waals surface area contributed by atoms with Crippen LogP contribution in [0.4, 0.5) is 5.95 Å². The van der Waals surface area contributed by atoms with Gasteiger partial charge in [-0.1, -0.05) is 43.4 Å². The minimum Gasteiger partial charge on any atom is -0.494 e. The minimum absolute atomic E-state index is 0.00144. The third kappa shape index (κ3) is 7.28. The summed E-state index contributed by atoms with van der Waals surface area (Å²) in [6, 6.07) is 13.0. The van der Waals surface area contributed by atoms with Crippen LogP contribution in [0.5, 0.6) is 11.5 Å². The number of sulfone groups is 1. The summed E-state index contributed by atoms with van der Waals surface area (Å²) in [6.45, 7) is 9.41. The Hall–Kier alpha value is -3.37. The van der Waals surface area contributed by atoms with Crippen molar-refractivity contribution in [1.82, 2.24) is 14.8 Å². The number of aliphatic hydroxyl groups is 1. The SMILES string of the molecule is COc1cccc(OC)c1-n1c(-c2ccc(C)o2)nnc1N(CC[Si](C)(C)C)S(=O)(=O)[C@H](C)[C@@H](O)c1ccc(Cl)cc1S(C)(=O)=O. The molecule has 4 rings (SSSR count). The molecule has 16 heteroatoms. The number of hydrogen-bond donors (Lipinski definition) is 1. The number of hydrogen-bond acceptors (Lipinski definition) is 10. The molecule has 12 nitrogen and oxygen atoms in total. The standard InChI is InChI=1S/C30H39ClN4O8S2Si/c1-19-12-15-25(43-19)29-32-33-30(35(29)27-23(41-3)10-9-11-24(27)42-4)34(16-17-46(6,7)8)45(39,40)20(2)28(36)22-14-13-21(31)18-26(22)44(5,37)38/h9-15,18,20,28,36H,16-17H2,1-8H3/t20-,28-/m1/s1. The van der Waals surface area contributed by atoms with E-state index in [0.717, 1.165) is 10.6 Å². The maximum absolute atomic E-state index is 14.7. The maximum Gasteiger partial charge on any atom is 0.246 e. The number of anilines is 1. The fraction of sp³-hybridized carbons (Fsp3) is 0.400. The predicted molar refractivity (Wildman–Crippen MR) is 180 cm³/mol. The molecule has 0 aliphatic heterocycles. The first-order valence-electron chi connectivity index (χ1n) is 14.3. The summed E-state index contributed by atoms with van der Waals surface area (Å²) in [5, 5.41) is 18.9. The van der Waals surface area contributed by atoms with Crippen LogP contribution in [0.1, 0.15) is 24.4 Å². The van der Waals surface area contributed by atoms with Gasteiger partial charge in [-0.15, -0.1) is 10.2 Å². The molecule has 0 amide bonds. The quantitative estimate of drug-likeness (QED) is 0.176. The predicted octanol–water partition coefficient (Wildman–Crippen LogP) is 5.51. The first-order valence-corrected chi connectivity index (χ1v) is 21.8. The second kappa shape index (κ2) is 13.4. The molecule has 46 heavy (non-hydrogen) atoms. The summed E-state index contributed by atoms with van der Waals surface area (Å²) < 4.78 is 74.5. The molecule has 250 valence electrons. The Bertz CT molecular complexity index is 1920. The third-order valence-electron chi connectivity index (χ3n) is 7.44. The molecule has 4 aromatic rings. The summed E-state index contributed by atoms with van der Waals surface area (Å²) >= 11 is 6.08. The van der Waals surface area contributed by atoms with Crippen molar-refractivity contribution < 1.29 is 35.8 Å². The van der Waals surface area contributed by atoms with Gasteiger partial charge in [-0.3, -0.25) is 4.57 Å². The van der Waals surface area contributed by atoms with Crippen molar-refractivity contribution in [1.29, 1.82) is 0 Å². The van der Waals surface area contributed by atoms with Crippen LogP contribution in [0.25, 0.3) is 17.3 Å². The van der Waals surface area contributed by atoms with E-state index in [9.17, 15) is 21.9 Å². The lowest BCUT2D eigenvalue weighted by Crippen LogP contribution is -2.44. The zero-order valence-corrected chi connectivity index (χ0v) is 30.4. The molecule has 0 saturated heterocycles. The van der Waals surface area contributed by atoms with E-state index < -0.39 is 39.3 Å². The van der Waals surface area contributed by atoms with E-state index in [-0.39, 0.29) is 33.8 Å². The van der Waals surface area contributed by atoms with Crippen LogP contribution < -0.4 is 13.8 Å². The van der Waals surface area contributed by atoms with E-state index in [1.165, 1.54) is 43.9 Å². The van der Waals surface area contributed by atoms with Gasteiger partial charge in [-0.25, -0.2) is 21.1 Å². The highest BCUT2D eigenvalue weighted by Gasteiger charge is 2.40. The lowest BCUT2D eigenvalue weighted by Gasteiger charge is -2.31. The number of aryl methyl sites for hydroxylation is 1. The number of halogens is 1. The van der Waals surface area contributed by atoms with Crippen LogP contribution in [0.15, 0.2) is 57.8 Å². The average molecular weight is 711 g/mol. The smallest absolute Gasteiger partial charge is 0.246 e. The molecule has 1 N–H and O–H groups in total. The van der Waals surface area contributed by atoms with Gasteiger partial charge in [0.15, 0.2) is 15.6 Å². The Morgan fingerprint density at radius 3 is 2.17 bits per heavy atom. The summed E-state index contributed by atoms with van der Waals surface area (Å²) in [5.74, 6) is 1.70. The monoisotopic (exact) mass is 710 g/mol. The van der Waals surface area contributed by atoms with Crippen LogP contribution in [-0.2, 0) is 19.9 Å². The second-order valence-corrected chi connectivity index (χ2v) is 22.4. The van der Waals surface area contributed by atoms with Gasteiger partial charge in [0.25, 0.3) is 0 Å². The number of furan rings is 1. The van der Waals surface area contributed by atoms with Crippen LogP contribution in [0, 0.1) is 6.92 Å². The van der Waals surface area contributed by atoms with Gasteiger partial charge in [0.2, 0.25) is 21.8 Å². The largest absolute Gasteiger partial charge is 0.494 e. The third-order valence-corrected chi connectivity index (χ3v) is 12.7. The van der Waals surface area contributed by atoms with Crippen molar-refractivity contribution in [3.05, 3.63) is 64.9 Å². The first-order chi connectivity index (χ1) is 21.4. The highest BCUT2D eigenvalue weighted by molar-refractivity contribution is 7.93. The van der Waals surface area contributed by atoms with E-state index in [4.69, 9.17) is 25.5 Å². The topological polar surface area (TPSA) is 154 Å². The normalized spacial score (nSPS) is 13.8. The zero-order valence-electron chi connectivity index (χ0n) is 27.0. The van der Waals surface area contributed by atoms with Crippen molar-refractivity contribution in [2.45, 2.75) is 55.8 Å². The van der Waals surface area contributed by atoms with Gasteiger partial charge in [0.05, 0.1) is 25.2 Å². The van der Waals surface area contributed by atoms with Crippen LogP contribution in [0.3, 0.4) is 0 Å². The van der Waals surface area contributed by atoms with Gasteiger partial charge < -0.3 is 19.0 Å². The number of para-hydroxylation sites is 1. The molecular weight excluding hydrogens is 672 g/mol. The van der Waals surface area contributed by atoms with Crippen molar-refractivity contribution in [3.63, 3.8) is 0 Å². The van der Waals surface area contributed by atoms with E-state index in [2.05, 4.69) is 29.8 Å². The van der Waals surface area contributed by atoms with Crippen LogP contribution in [0.2, 0.25) is 30.7 Å². The molecule has 0 spiro atoms. The van der Waals surface area contributed by atoms with E-state index in [0.29, 0.717) is 34.8 Å². The van der Waals surface area contributed by atoms with Crippen molar-refractivity contribution >= 4 is 45.5 Å². The van der Waals surface area contributed by atoms with Gasteiger partial charge in [-0.05, 0) is 56.3 Å². The van der Waals surface area contributed by atoms with Crippen molar-refractivity contribution in [2.24, 2.45) is 0 Å². The Morgan fingerprint density at radius 1 is 1.02 bits per heavy atom. The second-order valence-electron chi connectivity index (χ2n) is 12.1. The summed E-state index contributed by atoms with van der Waals surface area (Å²) in [4.78, 5) is -0.263. The molecule has 2 aromatic heterocycles.